The number of anilines is 2. The number of ether oxygens (including phenoxy) is 1. The van der Waals surface area contributed by atoms with Gasteiger partial charge in [0, 0.05) is 11.3 Å². The molecule has 0 aliphatic heterocycles. The molecule has 4 nitrogen and oxygen atoms in total. The highest BCUT2D eigenvalue weighted by Gasteiger charge is 2.04. The molecule has 0 aliphatic carbocycles. The number of carbonyl (C=O) groups is 1. The molecule has 0 aliphatic rings. The summed E-state index contributed by atoms with van der Waals surface area (Å²) in [6, 6.07) is 20.5. The molecule has 0 atom stereocenters. The number of aryl methyl sites for hydroxylation is 1. The van der Waals surface area contributed by atoms with Gasteiger partial charge in [0.25, 0.3) is 0 Å². The first-order valence-electron chi connectivity index (χ1n) is 10.3. The van der Waals surface area contributed by atoms with Crippen LogP contribution in [0.2, 0.25) is 0 Å². The summed E-state index contributed by atoms with van der Waals surface area (Å²) in [5, 5.41) is 0. The Morgan fingerprint density at radius 1 is 0.933 bits per heavy atom. The minimum absolute atomic E-state index is 0.00918. The summed E-state index contributed by atoms with van der Waals surface area (Å²) < 4.78 is 5.79. The van der Waals surface area contributed by atoms with Crippen molar-refractivity contribution < 1.29 is 9.53 Å². The molecule has 4 heteroatoms. The maximum atomic E-state index is 12.4. The summed E-state index contributed by atoms with van der Waals surface area (Å²) in [4.78, 5) is 12.4. The fraction of sp³-hybridized carbons (Fsp3) is 0.192. The Balaban J connectivity index is 1.58. The first-order chi connectivity index (χ1) is 14.5. The quantitative estimate of drug-likeness (QED) is 0.192. The van der Waals surface area contributed by atoms with Crippen molar-refractivity contribution in [1.82, 2.24) is 0 Å². The molecule has 0 fully saturated rings. The lowest BCUT2D eigenvalue weighted by Gasteiger charge is -2.09. The SMILES string of the molecule is CCCCCc1ccc(C(=O)/C=C/c2ccc(Oc3ccc(N)cc3N)cc2)cc1. The number of benzene rings is 3. The number of ketones is 1. The van der Waals surface area contributed by atoms with Crippen LogP contribution in [0.3, 0.4) is 0 Å². The third-order valence-electron chi connectivity index (χ3n) is 4.88. The normalized spacial score (nSPS) is 11.0. The maximum absolute atomic E-state index is 12.4. The highest BCUT2D eigenvalue weighted by molar-refractivity contribution is 6.06. The Labute approximate surface area is 178 Å². The first-order valence-corrected chi connectivity index (χ1v) is 10.3. The molecule has 0 amide bonds. The summed E-state index contributed by atoms with van der Waals surface area (Å²) in [6.45, 7) is 2.20. The van der Waals surface area contributed by atoms with Gasteiger partial charge in [-0.15, -0.1) is 0 Å². The van der Waals surface area contributed by atoms with E-state index in [2.05, 4.69) is 6.92 Å². The second-order valence-electron chi connectivity index (χ2n) is 7.32. The Bertz CT molecular complexity index is 1010. The minimum Gasteiger partial charge on any atom is -0.455 e. The number of allylic oxidation sites excluding steroid dienone is 1. The van der Waals surface area contributed by atoms with Gasteiger partial charge >= 0.3 is 0 Å². The van der Waals surface area contributed by atoms with Crippen molar-refractivity contribution in [2.24, 2.45) is 0 Å². The van der Waals surface area contributed by atoms with Crippen molar-refractivity contribution in [1.29, 1.82) is 0 Å². The van der Waals surface area contributed by atoms with Gasteiger partial charge in [-0.1, -0.05) is 62.2 Å². The van der Waals surface area contributed by atoms with E-state index in [1.807, 2.05) is 48.5 Å². The topological polar surface area (TPSA) is 78.3 Å². The van der Waals surface area contributed by atoms with Gasteiger partial charge in [-0.3, -0.25) is 4.79 Å². The zero-order chi connectivity index (χ0) is 21.3. The fourth-order valence-electron chi connectivity index (χ4n) is 3.12. The van der Waals surface area contributed by atoms with Crippen LogP contribution in [-0.2, 0) is 6.42 Å². The fourth-order valence-corrected chi connectivity index (χ4v) is 3.12. The minimum atomic E-state index is -0.00918. The Morgan fingerprint density at radius 2 is 1.67 bits per heavy atom. The van der Waals surface area contributed by atoms with Crippen LogP contribution in [0, 0.1) is 0 Å². The van der Waals surface area contributed by atoms with Gasteiger partial charge in [0.2, 0.25) is 0 Å². The standard InChI is InChI=1S/C26H28N2O2/c1-2-3-4-5-19-6-11-21(12-7-19)25(29)16-10-20-8-14-23(15-9-20)30-26-17-13-22(27)18-24(26)28/h6-18H,2-5,27-28H2,1H3/b16-10+. The number of hydrogen-bond acceptors (Lipinski definition) is 4. The van der Waals surface area contributed by atoms with Crippen molar-refractivity contribution in [2.45, 2.75) is 32.6 Å². The molecule has 3 aromatic rings. The second-order valence-corrected chi connectivity index (χ2v) is 7.32. The molecular weight excluding hydrogens is 372 g/mol. The molecule has 0 unspecified atom stereocenters. The van der Waals surface area contributed by atoms with Gasteiger partial charge < -0.3 is 16.2 Å². The third-order valence-corrected chi connectivity index (χ3v) is 4.88. The van der Waals surface area contributed by atoms with Crippen molar-refractivity contribution in [3.8, 4) is 11.5 Å². The van der Waals surface area contributed by atoms with Crippen LogP contribution in [0.5, 0.6) is 11.5 Å². The molecule has 0 heterocycles. The lowest BCUT2D eigenvalue weighted by molar-refractivity contribution is 0.104. The van der Waals surface area contributed by atoms with Crippen LogP contribution in [0.15, 0.2) is 72.8 Å². The smallest absolute Gasteiger partial charge is 0.185 e. The van der Waals surface area contributed by atoms with Crippen LogP contribution < -0.4 is 16.2 Å². The van der Waals surface area contributed by atoms with E-state index in [0.29, 0.717) is 28.4 Å². The van der Waals surface area contributed by atoms with Gasteiger partial charge in [0.05, 0.1) is 5.69 Å². The average Bonchev–Trinajstić information content (AvgIpc) is 2.75. The molecule has 0 aromatic heterocycles. The number of nitrogen functional groups attached to an aromatic ring is 2. The van der Waals surface area contributed by atoms with Crippen molar-refractivity contribution >= 4 is 23.2 Å². The van der Waals surface area contributed by atoms with Crippen molar-refractivity contribution in [2.75, 3.05) is 11.5 Å². The van der Waals surface area contributed by atoms with Gasteiger partial charge in [-0.05, 0) is 60.4 Å². The van der Waals surface area contributed by atoms with Crippen LogP contribution in [0.4, 0.5) is 11.4 Å². The molecule has 30 heavy (non-hydrogen) atoms. The Hall–Kier alpha value is -3.53. The number of carbonyl (C=O) groups excluding carboxylic acids is 1. The second kappa shape index (κ2) is 10.3. The molecule has 0 radical (unpaired) electrons. The van der Waals surface area contributed by atoms with Crippen LogP contribution in [-0.4, -0.2) is 5.78 Å². The van der Waals surface area contributed by atoms with E-state index in [1.54, 1.807) is 30.4 Å². The van der Waals surface area contributed by atoms with Crippen molar-refractivity contribution in [3.05, 3.63) is 89.5 Å². The van der Waals surface area contributed by atoms with E-state index in [-0.39, 0.29) is 5.78 Å². The van der Waals surface area contributed by atoms with Crippen LogP contribution in [0.25, 0.3) is 6.08 Å². The van der Waals surface area contributed by atoms with E-state index in [0.717, 1.165) is 12.0 Å². The molecule has 4 N–H and O–H groups in total. The van der Waals surface area contributed by atoms with E-state index in [1.165, 1.54) is 24.8 Å². The van der Waals surface area contributed by atoms with Gasteiger partial charge in [-0.2, -0.15) is 0 Å². The molecular formula is C26H28N2O2. The number of nitrogens with two attached hydrogens (primary N) is 2. The van der Waals surface area contributed by atoms with Gasteiger partial charge in [0.15, 0.2) is 5.78 Å². The van der Waals surface area contributed by atoms with Gasteiger partial charge in [0.1, 0.15) is 11.5 Å². The summed E-state index contributed by atoms with van der Waals surface area (Å²) in [7, 11) is 0. The Morgan fingerprint density at radius 3 is 2.33 bits per heavy atom. The van der Waals surface area contributed by atoms with E-state index < -0.39 is 0 Å². The molecule has 0 saturated carbocycles. The van der Waals surface area contributed by atoms with Gasteiger partial charge in [-0.25, -0.2) is 0 Å². The van der Waals surface area contributed by atoms with E-state index in [9.17, 15) is 4.79 Å². The molecule has 0 spiro atoms. The molecule has 0 bridgehead atoms. The lowest BCUT2D eigenvalue weighted by Crippen LogP contribution is -1.95. The predicted molar refractivity (Wildman–Crippen MR) is 125 cm³/mol. The average molecular weight is 401 g/mol. The summed E-state index contributed by atoms with van der Waals surface area (Å²) in [5.41, 5.74) is 15.6. The predicted octanol–water partition coefficient (Wildman–Crippen LogP) is 6.27. The molecule has 154 valence electrons. The van der Waals surface area contributed by atoms with E-state index in [4.69, 9.17) is 16.2 Å². The summed E-state index contributed by atoms with van der Waals surface area (Å²) in [6.07, 6.45) is 8.10. The summed E-state index contributed by atoms with van der Waals surface area (Å²) in [5.74, 6) is 1.21. The maximum Gasteiger partial charge on any atom is 0.185 e. The highest BCUT2D eigenvalue weighted by atomic mass is 16.5. The van der Waals surface area contributed by atoms with Crippen LogP contribution >= 0.6 is 0 Å². The zero-order valence-electron chi connectivity index (χ0n) is 17.3. The zero-order valence-corrected chi connectivity index (χ0v) is 17.3. The monoisotopic (exact) mass is 400 g/mol. The Kier molecular flexibility index (Phi) is 7.28. The summed E-state index contributed by atoms with van der Waals surface area (Å²) >= 11 is 0. The van der Waals surface area contributed by atoms with Crippen LogP contribution in [0.1, 0.15) is 47.7 Å². The number of unbranched alkanes of at least 4 members (excludes halogenated alkanes) is 2. The van der Waals surface area contributed by atoms with Crippen molar-refractivity contribution in [3.63, 3.8) is 0 Å². The molecule has 3 rings (SSSR count). The largest absolute Gasteiger partial charge is 0.455 e. The lowest BCUT2D eigenvalue weighted by atomic mass is 10.0. The third kappa shape index (κ3) is 5.98. The number of rotatable bonds is 9. The molecule has 0 saturated heterocycles. The van der Waals surface area contributed by atoms with E-state index >= 15 is 0 Å². The first kappa shape index (κ1) is 21.2. The number of hydrogen-bond donors (Lipinski definition) is 2. The highest BCUT2D eigenvalue weighted by Crippen LogP contribution is 2.29. The molecule has 3 aromatic carbocycles.